The van der Waals surface area contributed by atoms with Crippen molar-refractivity contribution in [3.63, 3.8) is 0 Å². The summed E-state index contributed by atoms with van der Waals surface area (Å²) in [6, 6.07) is 73.7. The predicted molar refractivity (Wildman–Crippen MR) is 660 cm³/mol. The summed E-state index contributed by atoms with van der Waals surface area (Å²) < 4.78 is 1.47. The van der Waals surface area contributed by atoms with E-state index >= 15 is 0 Å². The van der Waals surface area contributed by atoms with Gasteiger partial charge in [-0.25, -0.2) is 9.98 Å². The Morgan fingerprint density at radius 1 is 0.435 bits per heavy atom. The minimum Gasteiger partial charge on any atom is -0.383 e. The normalized spacial score (nSPS) is 14.7. The fraction of sp³-hybridized carbons (Fsp3) is 0.441. The molecule has 0 aromatic heterocycles. The first-order valence-corrected chi connectivity index (χ1v) is 61.0. The van der Waals surface area contributed by atoms with Crippen molar-refractivity contribution in [3.05, 3.63) is 304 Å². The van der Waals surface area contributed by atoms with E-state index in [1.54, 1.807) is 35.3 Å². The molecule has 147 heavy (non-hydrogen) atoms. The van der Waals surface area contributed by atoms with Gasteiger partial charge in [-0.05, 0) is 278 Å². The van der Waals surface area contributed by atoms with Crippen molar-refractivity contribution in [2.45, 2.75) is 292 Å². The Bertz CT molecular complexity index is 5840. The van der Waals surface area contributed by atoms with Crippen LogP contribution < -0.4 is 45.0 Å². The number of rotatable bonds is 33. The van der Waals surface area contributed by atoms with Crippen molar-refractivity contribution in [1.82, 2.24) is 5.32 Å². The van der Waals surface area contributed by atoms with Crippen LogP contribution in [0.3, 0.4) is 0 Å². The number of thioether (sulfide) groups is 4. The number of allylic oxidation sites excluding steroid dienone is 10. The van der Waals surface area contributed by atoms with E-state index in [1.165, 1.54) is 116 Å². The van der Waals surface area contributed by atoms with Gasteiger partial charge in [-0.1, -0.05) is 199 Å². The second-order valence-electron chi connectivity index (χ2n) is 44.4. The topological polar surface area (TPSA) is 163 Å². The molecule has 9 aromatic rings. The molecule has 9 aromatic carbocycles. The SMILES string of the molecule is CC(C)(C)C(C)(C)C(C)(C)N=C1C=CC(=Nc2ccccc2)C=C1.CC(C)CC(C)Nc1ccc(Nc2ccccc2)cc1.CSC1=CC(=Nc2ccccc2)C=CC1=NC(C)CC(C)C.CSC1=CC(=Nc2ccccc2)CC=C1NC(C)CC(C)C.CSN.CSc1[c]([Hg])c(N(C)c2c(C)c(C)cc(C)c2C)[c-]c(C)c1NC(C)(C)C(C)(C)C(C)(C)C.CSc1cc(NC(C)CC(C)C)ccc1Nc1ccccc1.[Hf]. The number of nitrogens with zero attached hydrogens (tertiary/aromatic N) is 6. The molecule has 3 aliphatic carbocycles. The average Bonchev–Trinajstić information content (AvgIpc) is 0.750. The van der Waals surface area contributed by atoms with Crippen LogP contribution in [0.2, 0.25) is 0 Å². The van der Waals surface area contributed by atoms with E-state index in [0.717, 1.165) is 87.1 Å². The average molecular weight is 2430 g/mol. The van der Waals surface area contributed by atoms with Gasteiger partial charge in [0.25, 0.3) is 0 Å². The van der Waals surface area contributed by atoms with E-state index in [9.17, 15) is 0 Å². The quantitative estimate of drug-likeness (QED) is 0.00685. The van der Waals surface area contributed by atoms with E-state index < -0.39 is 0 Å². The number of aliphatic imine (C=N–C) groups is 5. The fourth-order valence-electron chi connectivity index (χ4n) is 17.4. The molecule has 0 heterocycles. The van der Waals surface area contributed by atoms with Crippen molar-refractivity contribution in [3.8, 4) is 0 Å². The Hall–Kier alpha value is -8.11. The summed E-state index contributed by atoms with van der Waals surface area (Å²) in [6.45, 7) is 70.5. The van der Waals surface area contributed by atoms with Crippen molar-refractivity contribution in [2.24, 2.45) is 75.4 Å². The molecule has 20 heteroatoms. The third kappa shape index (κ3) is 42.5. The minimum absolute atomic E-state index is 0. The number of hydrogen-bond donors (Lipinski definition) is 7. The summed E-state index contributed by atoms with van der Waals surface area (Å²) in [6.07, 6.45) is 34.8. The van der Waals surface area contributed by atoms with Crippen LogP contribution in [0.4, 0.5) is 68.2 Å². The molecule has 8 N–H and O–H groups in total. The van der Waals surface area contributed by atoms with Gasteiger partial charge in [0.1, 0.15) is 0 Å². The van der Waals surface area contributed by atoms with Crippen LogP contribution in [0.5, 0.6) is 0 Å². The summed E-state index contributed by atoms with van der Waals surface area (Å²) in [5.74, 6) is 2.81. The third-order valence-electron chi connectivity index (χ3n) is 27.8. The van der Waals surface area contributed by atoms with Gasteiger partial charge in [-0.15, -0.1) is 35.3 Å². The van der Waals surface area contributed by atoms with Gasteiger partial charge in [0, 0.05) is 111 Å². The van der Waals surface area contributed by atoms with E-state index in [2.05, 4.69) is 409 Å². The van der Waals surface area contributed by atoms with E-state index in [-0.39, 0.29) is 58.6 Å². The Balaban J connectivity index is 0.000000310. The molecule has 4 unspecified atom stereocenters. The molecule has 0 spiro atoms. The van der Waals surface area contributed by atoms with Gasteiger partial charge >= 0.3 is 226 Å². The molecule has 0 amide bonds. The van der Waals surface area contributed by atoms with Gasteiger partial charge in [-0.3, -0.25) is 20.1 Å². The molecule has 13 nitrogen and oxygen atoms in total. The van der Waals surface area contributed by atoms with Crippen LogP contribution in [0.15, 0.2) is 305 Å². The van der Waals surface area contributed by atoms with Gasteiger partial charge in [0.2, 0.25) is 0 Å². The Morgan fingerprint density at radius 3 is 1.29 bits per heavy atom. The summed E-state index contributed by atoms with van der Waals surface area (Å²) in [4.78, 5) is 31.4. The number of hydrogen-bond acceptors (Lipinski definition) is 18. The number of aryl methyl sites for hydroxylation is 3. The number of nitrogens with two attached hydrogens (primary N) is 1. The summed E-state index contributed by atoms with van der Waals surface area (Å²) in [7, 11) is 2.22. The zero-order valence-corrected chi connectivity index (χ0v) is 110. The van der Waals surface area contributed by atoms with Gasteiger partial charge in [0.15, 0.2) is 0 Å². The standard InChI is InChI=1S/C29H44N2S.C22H30N2.C19H26N2S.C19H24N2S.C19H26N2S.C18H24N2.CH5NS.Hf.Hg/c1-18-15-19(2)22(5)26(21(18)4)31(13)23-16-20(3)25(24(17-23)32-14)30-29(11,12)28(9,10)27(6,7)8;1-20(2,3)21(4,5)22(6,7)24-19-15-13-18(14-16-19)23-17-11-9-8-10-12-17;2*1-14(2)12-15(3)20-18-11-10-17(13-19(18)22-4)21-16-8-6-5-7-9-16;1-14(2)12-15(3)20-17-10-11-18(19(13-17)22-4)21-16-8-6-5-7-9-16;1-14(2)13-15(3)19-17-9-11-18(12-10-17)20-16-7-5-4-6-8-16;1-3-2;;/h15,30H,1-14H3;8-16H,1-7H3;5-9,11,13-15,20H,10,12H2,1-4H3;5-11,13-15H,12H2,1-4H3;5-11,13-15,20-21H,12H2,1-4H3;4-12,14-15,19-20H,13H2,1-3H3;2H2,1H3;;/q-1;;;;;;;;. The summed E-state index contributed by atoms with van der Waals surface area (Å²) in [5.41, 5.74) is 26.9. The van der Waals surface area contributed by atoms with Crippen molar-refractivity contribution < 1.29 is 52.0 Å². The van der Waals surface area contributed by atoms with Crippen LogP contribution in [-0.2, 0) is 52.0 Å². The van der Waals surface area contributed by atoms with Crippen molar-refractivity contribution in [2.75, 3.05) is 69.8 Å². The van der Waals surface area contributed by atoms with E-state index in [4.69, 9.17) is 20.1 Å². The van der Waals surface area contributed by atoms with Crippen LogP contribution in [0.1, 0.15) is 240 Å². The molecule has 0 saturated heterocycles. The van der Waals surface area contributed by atoms with Crippen LogP contribution >= 0.6 is 59.0 Å². The molecule has 4 atom stereocenters. The Morgan fingerprint density at radius 2 is 0.844 bits per heavy atom. The van der Waals surface area contributed by atoms with Gasteiger partial charge in [0.05, 0.1) is 51.1 Å². The van der Waals surface area contributed by atoms with Crippen LogP contribution in [-0.4, -0.2) is 102 Å². The zero-order valence-electron chi connectivity index (χ0n) is 96.4. The second kappa shape index (κ2) is 62.8. The van der Waals surface area contributed by atoms with Crippen molar-refractivity contribution >= 4 is 159 Å². The van der Waals surface area contributed by atoms with Crippen molar-refractivity contribution in [1.29, 1.82) is 0 Å². The summed E-state index contributed by atoms with van der Waals surface area (Å²) >= 11 is 8.85. The zero-order chi connectivity index (χ0) is 109. The second-order valence-corrected chi connectivity index (χ2v) is 51.0. The monoisotopic (exact) mass is 2430 g/mol. The van der Waals surface area contributed by atoms with E-state index in [0.29, 0.717) is 68.0 Å². The molecule has 0 aliphatic heterocycles. The third-order valence-corrected chi connectivity index (χ3v) is 34.7. The Labute approximate surface area is 948 Å². The number of anilines is 9. The van der Waals surface area contributed by atoms with Gasteiger partial charge < -0.3 is 26.6 Å². The molecular formula is C127H179HfHgN13S5-. The first kappa shape index (κ1) is 129. The Kier molecular flexibility index (Phi) is 55.2. The molecule has 12 rings (SSSR count). The molecule has 3 aliphatic rings. The number of para-hydroxylation sites is 5. The fourth-order valence-corrected chi connectivity index (χ4v) is 23.6. The van der Waals surface area contributed by atoms with Crippen LogP contribution in [0.25, 0.3) is 0 Å². The predicted octanol–water partition coefficient (Wildman–Crippen LogP) is 36.4. The molecule has 789 valence electrons. The molecule has 0 radical (unpaired) electrons. The molecular weight excluding hydrogens is 2250 g/mol. The van der Waals surface area contributed by atoms with Gasteiger partial charge in [-0.2, -0.15) is 0 Å². The van der Waals surface area contributed by atoms with E-state index in [1.807, 2.05) is 164 Å². The molecule has 0 saturated carbocycles. The largest absolute Gasteiger partial charge is 0.383 e. The molecule has 0 fully saturated rings. The maximum atomic E-state index is 5.04. The first-order valence-electron chi connectivity index (χ1n) is 52.0. The number of benzene rings is 9. The minimum atomic E-state index is -0.163. The maximum Gasteiger partial charge on any atom is 0.0523 e. The van der Waals surface area contributed by atoms with Crippen LogP contribution in [0, 0.1) is 86.0 Å². The smallest absolute Gasteiger partial charge is 0.0523 e. The summed E-state index contributed by atoms with van der Waals surface area (Å²) in [5, 5.41) is 26.4. The first-order chi connectivity index (χ1) is 68.7. The number of nitrogens with one attached hydrogen (secondary N) is 6. The maximum absolute atomic E-state index is 5.04. The molecule has 0 bridgehead atoms.